The maximum Gasteiger partial charge on any atom is 0.255 e. The fourth-order valence-corrected chi connectivity index (χ4v) is 2.91. The fraction of sp³-hybridized carbons (Fsp3) is 0.222. The zero-order valence-electron chi connectivity index (χ0n) is 12.8. The molecule has 0 saturated carbocycles. The first-order valence-corrected chi connectivity index (χ1v) is 7.90. The minimum atomic E-state index is -0.202. The zero-order chi connectivity index (χ0) is 16.4. The standard InChI is InChI=1S/C18H17ClN2O2/c1-12(22)21-10-2-3-13-6-9-16(11-17(13)21)20-18(23)14-4-7-15(19)8-5-14/h4-9,11H,2-3,10H2,1H3,(H,20,23). The number of halogens is 1. The number of nitrogens with zero attached hydrogens (tertiary/aromatic N) is 1. The molecule has 0 atom stereocenters. The summed E-state index contributed by atoms with van der Waals surface area (Å²) in [5.41, 5.74) is 3.24. The number of nitrogens with one attached hydrogen (secondary N) is 1. The molecule has 1 N–H and O–H groups in total. The van der Waals surface area contributed by atoms with E-state index < -0.39 is 0 Å². The summed E-state index contributed by atoms with van der Waals surface area (Å²) in [6.07, 6.45) is 1.91. The van der Waals surface area contributed by atoms with Crippen molar-refractivity contribution in [1.82, 2.24) is 0 Å². The topological polar surface area (TPSA) is 49.4 Å². The summed E-state index contributed by atoms with van der Waals surface area (Å²) < 4.78 is 0. The number of carbonyl (C=O) groups is 2. The van der Waals surface area contributed by atoms with Gasteiger partial charge in [-0.15, -0.1) is 0 Å². The van der Waals surface area contributed by atoms with E-state index in [1.165, 1.54) is 0 Å². The van der Waals surface area contributed by atoms with Crippen molar-refractivity contribution >= 4 is 34.8 Å². The van der Waals surface area contributed by atoms with Gasteiger partial charge < -0.3 is 10.2 Å². The molecule has 118 valence electrons. The molecule has 1 heterocycles. The van der Waals surface area contributed by atoms with Crippen LogP contribution in [0.2, 0.25) is 5.02 Å². The van der Waals surface area contributed by atoms with E-state index in [9.17, 15) is 9.59 Å². The minimum absolute atomic E-state index is 0.0205. The van der Waals surface area contributed by atoms with Gasteiger partial charge in [0, 0.05) is 35.4 Å². The van der Waals surface area contributed by atoms with Gasteiger partial charge in [0.1, 0.15) is 0 Å². The lowest BCUT2D eigenvalue weighted by Crippen LogP contribution is -2.33. The van der Waals surface area contributed by atoms with Crippen LogP contribution in [-0.4, -0.2) is 18.4 Å². The number of amides is 2. The number of fused-ring (bicyclic) bond motifs is 1. The van der Waals surface area contributed by atoms with Crippen LogP contribution in [-0.2, 0) is 11.2 Å². The molecule has 0 aliphatic carbocycles. The smallest absolute Gasteiger partial charge is 0.255 e. The first-order chi connectivity index (χ1) is 11.0. The summed E-state index contributed by atoms with van der Waals surface area (Å²) in [6, 6.07) is 12.4. The predicted molar refractivity (Wildman–Crippen MR) is 92.2 cm³/mol. The lowest BCUT2D eigenvalue weighted by atomic mass is 10.0. The van der Waals surface area contributed by atoms with E-state index in [2.05, 4.69) is 5.32 Å². The fourth-order valence-electron chi connectivity index (χ4n) is 2.78. The predicted octanol–water partition coefficient (Wildman–Crippen LogP) is 3.89. The molecule has 3 rings (SSSR count). The largest absolute Gasteiger partial charge is 0.322 e. The quantitative estimate of drug-likeness (QED) is 0.909. The summed E-state index contributed by atoms with van der Waals surface area (Å²) in [7, 11) is 0. The number of hydrogen-bond donors (Lipinski definition) is 1. The molecule has 5 heteroatoms. The first-order valence-electron chi connectivity index (χ1n) is 7.52. The third-order valence-corrected chi connectivity index (χ3v) is 4.20. The molecule has 0 aromatic heterocycles. The van der Waals surface area contributed by atoms with Crippen molar-refractivity contribution < 1.29 is 9.59 Å². The molecule has 2 aromatic rings. The average molecular weight is 329 g/mol. The molecule has 1 aliphatic heterocycles. The Labute approximate surface area is 140 Å². The van der Waals surface area contributed by atoms with E-state index in [0.717, 1.165) is 30.6 Å². The molecule has 0 unspecified atom stereocenters. The Hall–Kier alpha value is -2.33. The Kier molecular flexibility index (Phi) is 4.35. The molecular formula is C18H17ClN2O2. The van der Waals surface area contributed by atoms with Crippen LogP contribution in [0.1, 0.15) is 29.3 Å². The Balaban J connectivity index is 1.84. The van der Waals surface area contributed by atoms with Crippen LogP contribution in [0.15, 0.2) is 42.5 Å². The Bertz CT molecular complexity index is 756. The van der Waals surface area contributed by atoms with E-state index in [4.69, 9.17) is 11.6 Å². The van der Waals surface area contributed by atoms with Crippen molar-refractivity contribution in [3.05, 3.63) is 58.6 Å². The molecule has 1 aliphatic rings. The maximum atomic E-state index is 12.3. The summed E-state index contributed by atoms with van der Waals surface area (Å²) >= 11 is 5.83. The van der Waals surface area contributed by atoms with Gasteiger partial charge in [-0.2, -0.15) is 0 Å². The van der Waals surface area contributed by atoms with Gasteiger partial charge in [0.25, 0.3) is 5.91 Å². The summed E-state index contributed by atoms with van der Waals surface area (Å²) in [5, 5.41) is 3.46. The minimum Gasteiger partial charge on any atom is -0.322 e. The molecule has 0 radical (unpaired) electrons. The number of anilines is 2. The molecule has 4 nitrogen and oxygen atoms in total. The molecule has 23 heavy (non-hydrogen) atoms. The van der Waals surface area contributed by atoms with E-state index in [-0.39, 0.29) is 11.8 Å². The molecule has 2 aromatic carbocycles. The number of hydrogen-bond acceptors (Lipinski definition) is 2. The second-order valence-electron chi connectivity index (χ2n) is 5.58. The second kappa shape index (κ2) is 6.42. The SMILES string of the molecule is CC(=O)N1CCCc2ccc(NC(=O)c3ccc(Cl)cc3)cc21. The molecule has 2 amide bonds. The molecule has 0 bridgehead atoms. The highest BCUT2D eigenvalue weighted by Crippen LogP contribution is 2.30. The Morgan fingerprint density at radius 2 is 1.87 bits per heavy atom. The van der Waals surface area contributed by atoms with Crippen LogP contribution in [0.25, 0.3) is 0 Å². The number of benzene rings is 2. The van der Waals surface area contributed by atoms with Gasteiger partial charge in [-0.25, -0.2) is 0 Å². The van der Waals surface area contributed by atoms with E-state index in [1.807, 2.05) is 18.2 Å². The highest BCUT2D eigenvalue weighted by atomic mass is 35.5. The molecular weight excluding hydrogens is 312 g/mol. The summed E-state index contributed by atoms with van der Waals surface area (Å²) in [6.45, 7) is 2.28. The van der Waals surface area contributed by atoms with Crippen LogP contribution in [0.4, 0.5) is 11.4 Å². The van der Waals surface area contributed by atoms with Crippen molar-refractivity contribution in [1.29, 1.82) is 0 Å². The van der Waals surface area contributed by atoms with E-state index in [1.54, 1.807) is 36.1 Å². The van der Waals surface area contributed by atoms with Crippen LogP contribution in [0, 0.1) is 0 Å². The third kappa shape index (κ3) is 3.37. The number of aryl methyl sites for hydroxylation is 1. The van der Waals surface area contributed by atoms with Crippen molar-refractivity contribution in [3.8, 4) is 0 Å². The van der Waals surface area contributed by atoms with Gasteiger partial charge >= 0.3 is 0 Å². The average Bonchev–Trinajstić information content (AvgIpc) is 2.54. The van der Waals surface area contributed by atoms with E-state index >= 15 is 0 Å². The monoisotopic (exact) mass is 328 g/mol. The summed E-state index contributed by atoms with van der Waals surface area (Å²) in [5.74, 6) is -0.182. The highest BCUT2D eigenvalue weighted by Gasteiger charge is 2.20. The Morgan fingerprint density at radius 3 is 2.57 bits per heavy atom. The number of carbonyl (C=O) groups excluding carboxylic acids is 2. The van der Waals surface area contributed by atoms with E-state index in [0.29, 0.717) is 16.3 Å². The van der Waals surface area contributed by atoms with Gasteiger partial charge in [-0.3, -0.25) is 9.59 Å². The normalized spacial score (nSPS) is 13.4. The zero-order valence-corrected chi connectivity index (χ0v) is 13.6. The van der Waals surface area contributed by atoms with Gasteiger partial charge in [0.15, 0.2) is 0 Å². The summed E-state index contributed by atoms with van der Waals surface area (Å²) in [4.78, 5) is 25.8. The lowest BCUT2D eigenvalue weighted by molar-refractivity contribution is -0.116. The Morgan fingerprint density at radius 1 is 1.13 bits per heavy atom. The van der Waals surface area contributed by atoms with Crippen LogP contribution in [0.3, 0.4) is 0 Å². The highest BCUT2D eigenvalue weighted by molar-refractivity contribution is 6.30. The third-order valence-electron chi connectivity index (χ3n) is 3.95. The van der Waals surface area contributed by atoms with Crippen LogP contribution in [0.5, 0.6) is 0 Å². The van der Waals surface area contributed by atoms with Gasteiger partial charge in [-0.1, -0.05) is 17.7 Å². The molecule has 0 spiro atoms. The lowest BCUT2D eigenvalue weighted by Gasteiger charge is -2.29. The van der Waals surface area contributed by atoms with Gasteiger partial charge in [0.05, 0.1) is 0 Å². The molecule has 0 saturated heterocycles. The maximum absolute atomic E-state index is 12.3. The second-order valence-corrected chi connectivity index (χ2v) is 6.02. The van der Waals surface area contributed by atoms with Gasteiger partial charge in [0.2, 0.25) is 5.91 Å². The molecule has 0 fully saturated rings. The van der Waals surface area contributed by atoms with Gasteiger partial charge in [-0.05, 0) is 54.8 Å². The van der Waals surface area contributed by atoms with Crippen molar-refractivity contribution in [2.45, 2.75) is 19.8 Å². The first kappa shape index (κ1) is 15.6. The van der Waals surface area contributed by atoms with Crippen LogP contribution >= 0.6 is 11.6 Å². The van der Waals surface area contributed by atoms with Crippen molar-refractivity contribution in [2.24, 2.45) is 0 Å². The van der Waals surface area contributed by atoms with Crippen LogP contribution < -0.4 is 10.2 Å². The number of rotatable bonds is 2. The van der Waals surface area contributed by atoms with Crippen molar-refractivity contribution in [2.75, 3.05) is 16.8 Å². The van der Waals surface area contributed by atoms with Crippen molar-refractivity contribution in [3.63, 3.8) is 0 Å².